The molecular formula is C17H22F3N3O3. The number of aromatic nitrogens is 1. The molecule has 2 unspecified atom stereocenters. The van der Waals surface area contributed by atoms with E-state index >= 15 is 0 Å². The van der Waals surface area contributed by atoms with Crippen LogP contribution in [0.25, 0.3) is 0 Å². The first-order valence-corrected chi connectivity index (χ1v) is 8.67. The standard InChI is InChI=1S/C17H22F3N3O3/c1-25-15-10(9-22-14(24)13-3-2-6-21-13)7-12(18)16(23-15)26-11-4-5-17(19,20)8-11/h7,11,13,21H,2-6,8-9H2,1H3,(H,22,24). The van der Waals surface area contributed by atoms with Crippen LogP contribution in [0, 0.1) is 5.82 Å². The van der Waals surface area contributed by atoms with E-state index in [0.717, 1.165) is 25.5 Å². The second-order valence-corrected chi connectivity index (χ2v) is 6.65. The zero-order valence-corrected chi connectivity index (χ0v) is 14.5. The smallest absolute Gasteiger partial charge is 0.254 e. The van der Waals surface area contributed by atoms with Crippen LogP contribution in [-0.4, -0.2) is 42.6 Å². The van der Waals surface area contributed by atoms with Crippen molar-refractivity contribution in [3.8, 4) is 11.8 Å². The first kappa shape index (κ1) is 18.8. The molecule has 2 heterocycles. The third-order valence-electron chi connectivity index (χ3n) is 4.64. The number of halogens is 3. The maximum absolute atomic E-state index is 14.3. The monoisotopic (exact) mass is 373 g/mol. The molecule has 0 spiro atoms. The first-order valence-electron chi connectivity index (χ1n) is 8.67. The molecule has 2 atom stereocenters. The van der Waals surface area contributed by atoms with Gasteiger partial charge in [0.1, 0.15) is 6.10 Å². The van der Waals surface area contributed by atoms with Gasteiger partial charge in [0, 0.05) is 24.9 Å². The number of nitrogens with one attached hydrogen (secondary N) is 2. The van der Waals surface area contributed by atoms with E-state index in [-0.39, 0.29) is 43.1 Å². The van der Waals surface area contributed by atoms with Crippen LogP contribution >= 0.6 is 0 Å². The van der Waals surface area contributed by atoms with Crippen molar-refractivity contribution in [3.05, 3.63) is 17.4 Å². The van der Waals surface area contributed by atoms with Crippen molar-refractivity contribution in [1.29, 1.82) is 0 Å². The van der Waals surface area contributed by atoms with Gasteiger partial charge in [0.25, 0.3) is 11.8 Å². The Hall–Kier alpha value is -2.03. The molecule has 0 radical (unpaired) electrons. The van der Waals surface area contributed by atoms with E-state index in [1.807, 2.05) is 0 Å². The molecule has 1 aromatic heterocycles. The van der Waals surface area contributed by atoms with E-state index in [9.17, 15) is 18.0 Å². The third-order valence-corrected chi connectivity index (χ3v) is 4.64. The Bertz CT molecular complexity index is 666. The normalized spacial score (nSPS) is 24.5. The molecule has 144 valence electrons. The summed E-state index contributed by atoms with van der Waals surface area (Å²) in [5, 5.41) is 5.79. The maximum Gasteiger partial charge on any atom is 0.254 e. The summed E-state index contributed by atoms with van der Waals surface area (Å²) in [6.07, 6.45) is 0.315. The van der Waals surface area contributed by atoms with Crippen LogP contribution in [0.15, 0.2) is 6.07 Å². The molecule has 1 amide bonds. The van der Waals surface area contributed by atoms with Gasteiger partial charge in [0.15, 0.2) is 5.82 Å². The number of ether oxygens (including phenoxy) is 2. The fourth-order valence-electron chi connectivity index (χ4n) is 3.26. The molecule has 2 N–H and O–H groups in total. The number of rotatable bonds is 6. The lowest BCUT2D eigenvalue weighted by Gasteiger charge is -2.16. The van der Waals surface area contributed by atoms with E-state index in [1.54, 1.807) is 0 Å². The van der Waals surface area contributed by atoms with Crippen molar-refractivity contribution >= 4 is 5.91 Å². The first-order chi connectivity index (χ1) is 12.4. The minimum absolute atomic E-state index is 0.0475. The summed E-state index contributed by atoms with van der Waals surface area (Å²) in [5.41, 5.74) is 0.348. The molecule has 2 fully saturated rings. The molecule has 1 aromatic rings. The van der Waals surface area contributed by atoms with Crippen molar-refractivity contribution in [1.82, 2.24) is 15.6 Å². The van der Waals surface area contributed by atoms with E-state index in [1.165, 1.54) is 7.11 Å². The van der Waals surface area contributed by atoms with E-state index in [2.05, 4.69) is 15.6 Å². The van der Waals surface area contributed by atoms with Crippen LogP contribution < -0.4 is 20.1 Å². The average molecular weight is 373 g/mol. The van der Waals surface area contributed by atoms with Crippen LogP contribution in [0.5, 0.6) is 11.8 Å². The molecule has 3 rings (SSSR count). The summed E-state index contributed by atoms with van der Waals surface area (Å²) in [6, 6.07) is 0.904. The largest absolute Gasteiger partial charge is 0.481 e. The fraction of sp³-hybridized carbons (Fsp3) is 0.647. The van der Waals surface area contributed by atoms with Gasteiger partial charge in [-0.15, -0.1) is 0 Å². The summed E-state index contributed by atoms with van der Waals surface area (Å²) < 4.78 is 51.2. The zero-order valence-electron chi connectivity index (χ0n) is 14.5. The lowest BCUT2D eigenvalue weighted by atomic mass is 10.2. The second kappa shape index (κ2) is 7.69. The molecule has 26 heavy (non-hydrogen) atoms. The number of amides is 1. The Kier molecular flexibility index (Phi) is 5.55. The van der Waals surface area contributed by atoms with Crippen molar-refractivity contribution in [2.24, 2.45) is 0 Å². The van der Waals surface area contributed by atoms with Crippen LogP contribution in [0.3, 0.4) is 0 Å². The summed E-state index contributed by atoms with van der Waals surface area (Å²) in [6.45, 7) is 0.843. The molecule has 0 aromatic carbocycles. The Morgan fingerprint density at radius 3 is 2.85 bits per heavy atom. The van der Waals surface area contributed by atoms with Gasteiger partial charge >= 0.3 is 0 Å². The molecular weight excluding hydrogens is 351 g/mol. The predicted octanol–water partition coefficient (Wildman–Crippen LogP) is 2.16. The number of alkyl halides is 2. The number of carbonyl (C=O) groups is 1. The quantitative estimate of drug-likeness (QED) is 0.800. The maximum atomic E-state index is 14.3. The highest BCUT2D eigenvalue weighted by atomic mass is 19.3. The van der Waals surface area contributed by atoms with E-state index in [4.69, 9.17) is 9.47 Å². The Labute approximate surface area is 149 Å². The summed E-state index contributed by atoms with van der Waals surface area (Å²) in [4.78, 5) is 16.0. The highest BCUT2D eigenvalue weighted by Crippen LogP contribution is 2.37. The molecule has 2 aliphatic rings. The predicted molar refractivity (Wildman–Crippen MR) is 86.8 cm³/mol. The molecule has 1 saturated carbocycles. The van der Waals surface area contributed by atoms with Crippen LogP contribution in [0.2, 0.25) is 0 Å². The van der Waals surface area contributed by atoms with Crippen LogP contribution in [0.4, 0.5) is 13.2 Å². The van der Waals surface area contributed by atoms with Crippen molar-refractivity contribution in [2.75, 3.05) is 13.7 Å². The zero-order chi connectivity index (χ0) is 18.7. The average Bonchev–Trinajstić information content (AvgIpc) is 3.24. The Morgan fingerprint density at radius 2 is 2.23 bits per heavy atom. The van der Waals surface area contributed by atoms with Gasteiger partial charge in [-0.25, -0.2) is 13.2 Å². The number of carbonyl (C=O) groups excluding carboxylic acids is 1. The second-order valence-electron chi connectivity index (χ2n) is 6.65. The molecule has 1 aliphatic heterocycles. The number of nitrogens with zero attached hydrogens (tertiary/aromatic N) is 1. The van der Waals surface area contributed by atoms with Gasteiger partial charge in [-0.1, -0.05) is 0 Å². The number of hydrogen-bond donors (Lipinski definition) is 2. The molecule has 1 saturated heterocycles. The molecule has 0 bridgehead atoms. The van der Waals surface area contributed by atoms with Crippen molar-refractivity contribution < 1.29 is 27.4 Å². The summed E-state index contributed by atoms with van der Waals surface area (Å²) in [7, 11) is 1.36. The van der Waals surface area contributed by atoms with E-state index in [0.29, 0.717) is 5.56 Å². The summed E-state index contributed by atoms with van der Waals surface area (Å²) >= 11 is 0. The number of methoxy groups -OCH3 is 1. The van der Waals surface area contributed by atoms with E-state index < -0.39 is 24.3 Å². The minimum atomic E-state index is -2.79. The number of hydrogen-bond acceptors (Lipinski definition) is 5. The van der Waals surface area contributed by atoms with Gasteiger partial charge in [0.05, 0.1) is 13.2 Å². The minimum Gasteiger partial charge on any atom is -0.481 e. The van der Waals surface area contributed by atoms with Crippen molar-refractivity contribution in [2.45, 2.75) is 56.7 Å². The Morgan fingerprint density at radius 1 is 1.42 bits per heavy atom. The van der Waals surface area contributed by atoms with Gasteiger partial charge in [-0.3, -0.25) is 4.79 Å². The van der Waals surface area contributed by atoms with Gasteiger partial charge in [-0.2, -0.15) is 4.98 Å². The van der Waals surface area contributed by atoms with Gasteiger partial charge in [-0.05, 0) is 31.9 Å². The Balaban J connectivity index is 1.65. The molecule has 1 aliphatic carbocycles. The van der Waals surface area contributed by atoms with Crippen LogP contribution in [0.1, 0.15) is 37.7 Å². The highest BCUT2D eigenvalue weighted by molar-refractivity contribution is 5.82. The molecule has 9 heteroatoms. The highest BCUT2D eigenvalue weighted by Gasteiger charge is 2.41. The topological polar surface area (TPSA) is 72.5 Å². The summed E-state index contributed by atoms with van der Waals surface area (Å²) in [5.74, 6) is -4.00. The fourth-order valence-corrected chi connectivity index (χ4v) is 3.26. The van der Waals surface area contributed by atoms with Crippen LogP contribution in [-0.2, 0) is 11.3 Å². The molecule has 6 nitrogen and oxygen atoms in total. The lowest BCUT2D eigenvalue weighted by molar-refractivity contribution is -0.122. The van der Waals surface area contributed by atoms with Gasteiger partial charge < -0.3 is 20.1 Å². The SMILES string of the molecule is COc1nc(OC2CCC(F)(F)C2)c(F)cc1CNC(=O)C1CCCN1. The van der Waals surface area contributed by atoms with Gasteiger partial charge in [0.2, 0.25) is 11.8 Å². The lowest BCUT2D eigenvalue weighted by Crippen LogP contribution is -2.40. The number of pyridine rings is 1. The van der Waals surface area contributed by atoms with Crippen molar-refractivity contribution in [3.63, 3.8) is 0 Å². The third kappa shape index (κ3) is 4.38.